The van der Waals surface area contributed by atoms with Crippen molar-refractivity contribution in [2.75, 3.05) is 38.7 Å². The van der Waals surface area contributed by atoms with Gasteiger partial charge in [0, 0.05) is 25.6 Å². The lowest BCUT2D eigenvalue weighted by Crippen LogP contribution is -2.25. The van der Waals surface area contributed by atoms with Crippen LogP contribution in [0, 0.1) is 11.8 Å². The van der Waals surface area contributed by atoms with E-state index in [0.29, 0.717) is 0 Å². The lowest BCUT2D eigenvalue weighted by molar-refractivity contribution is 0.0370. The van der Waals surface area contributed by atoms with E-state index in [2.05, 4.69) is 4.90 Å². The molecule has 2 aliphatic rings. The van der Waals surface area contributed by atoms with E-state index in [4.69, 9.17) is 16.3 Å². The van der Waals surface area contributed by atoms with Crippen LogP contribution in [0.25, 0.3) is 0 Å². The van der Waals surface area contributed by atoms with Crippen LogP contribution in [-0.2, 0) is 4.74 Å². The Kier molecular flexibility index (Phi) is 3.47. The van der Waals surface area contributed by atoms with Crippen molar-refractivity contribution in [2.24, 2.45) is 11.8 Å². The van der Waals surface area contributed by atoms with Crippen LogP contribution in [0.3, 0.4) is 0 Å². The van der Waals surface area contributed by atoms with Crippen LogP contribution < -0.4 is 0 Å². The highest BCUT2D eigenvalue weighted by molar-refractivity contribution is 6.17. The van der Waals surface area contributed by atoms with Crippen molar-refractivity contribution in [3.8, 4) is 0 Å². The third kappa shape index (κ3) is 2.36. The number of halogens is 1. The van der Waals surface area contributed by atoms with Crippen molar-refractivity contribution < 1.29 is 4.74 Å². The van der Waals surface area contributed by atoms with Crippen LogP contribution in [0.15, 0.2) is 0 Å². The van der Waals surface area contributed by atoms with Crippen LogP contribution in [0.5, 0.6) is 0 Å². The van der Waals surface area contributed by atoms with Gasteiger partial charge >= 0.3 is 0 Å². The number of rotatable bonds is 3. The molecule has 2 fully saturated rings. The minimum absolute atomic E-state index is 0.794. The average Bonchev–Trinajstić information content (AvgIpc) is 2.57. The highest BCUT2D eigenvalue weighted by Gasteiger charge is 2.34. The Balaban J connectivity index is 1.77. The Labute approximate surface area is 85.2 Å². The van der Waals surface area contributed by atoms with Gasteiger partial charge in [0.15, 0.2) is 0 Å². The first-order valence-electron chi connectivity index (χ1n) is 5.26. The maximum Gasteiger partial charge on any atom is 0.0509 e. The summed E-state index contributed by atoms with van der Waals surface area (Å²) in [5, 5.41) is 0. The Morgan fingerprint density at radius 1 is 1.31 bits per heavy atom. The molecule has 0 aromatic heterocycles. The van der Waals surface area contributed by atoms with E-state index in [-0.39, 0.29) is 0 Å². The van der Waals surface area contributed by atoms with Gasteiger partial charge in [-0.3, -0.25) is 0 Å². The van der Waals surface area contributed by atoms with E-state index in [1.54, 1.807) is 0 Å². The highest BCUT2D eigenvalue weighted by atomic mass is 35.5. The molecule has 13 heavy (non-hydrogen) atoms. The summed E-state index contributed by atoms with van der Waals surface area (Å²) in [6.45, 7) is 5.66. The fourth-order valence-electron chi connectivity index (χ4n) is 2.49. The number of ether oxygens (including phenoxy) is 1. The van der Waals surface area contributed by atoms with Crippen LogP contribution in [0.1, 0.15) is 12.8 Å². The lowest BCUT2D eigenvalue weighted by atomic mass is 9.92. The van der Waals surface area contributed by atoms with Gasteiger partial charge in [-0.1, -0.05) is 0 Å². The van der Waals surface area contributed by atoms with Crippen molar-refractivity contribution in [2.45, 2.75) is 12.8 Å². The minimum Gasteiger partial charge on any atom is -0.381 e. The Morgan fingerprint density at radius 3 is 2.92 bits per heavy atom. The van der Waals surface area contributed by atoms with Gasteiger partial charge in [0.05, 0.1) is 6.61 Å². The van der Waals surface area contributed by atoms with E-state index in [1.807, 2.05) is 0 Å². The van der Waals surface area contributed by atoms with Gasteiger partial charge in [-0.15, -0.1) is 11.6 Å². The molecule has 0 bridgehead atoms. The number of hydrogen-bond acceptors (Lipinski definition) is 2. The van der Waals surface area contributed by atoms with Crippen LogP contribution >= 0.6 is 11.6 Å². The predicted octanol–water partition coefficient (Wildman–Crippen LogP) is 1.58. The molecule has 2 heterocycles. The molecule has 2 saturated heterocycles. The second-order valence-corrected chi connectivity index (χ2v) is 4.56. The second-order valence-electron chi connectivity index (χ2n) is 4.19. The van der Waals surface area contributed by atoms with Crippen molar-refractivity contribution in [1.82, 2.24) is 4.90 Å². The van der Waals surface area contributed by atoms with Gasteiger partial charge in [0.2, 0.25) is 0 Å². The number of likely N-dealkylation sites (tertiary alicyclic amines) is 1. The van der Waals surface area contributed by atoms with Crippen molar-refractivity contribution >= 4 is 11.6 Å². The molecule has 0 N–H and O–H groups in total. The van der Waals surface area contributed by atoms with Gasteiger partial charge in [0.25, 0.3) is 0 Å². The molecule has 2 aliphatic heterocycles. The second kappa shape index (κ2) is 4.63. The average molecular weight is 204 g/mol. The summed E-state index contributed by atoms with van der Waals surface area (Å²) in [4.78, 5) is 2.55. The molecule has 0 aliphatic carbocycles. The molecule has 0 aromatic rings. The van der Waals surface area contributed by atoms with Crippen LogP contribution in [0.4, 0.5) is 0 Å². The summed E-state index contributed by atoms with van der Waals surface area (Å²) in [6, 6.07) is 0. The molecule has 76 valence electrons. The van der Waals surface area contributed by atoms with E-state index >= 15 is 0 Å². The third-order valence-electron chi connectivity index (χ3n) is 3.22. The zero-order valence-electron chi connectivity index (χ0n) is 8.04. The highest BCUT2D eigenvalue weighted by Crippen LogP contribution is 2.29. The maximum atomic E-state index is 5.68. The molecule has 0 saturated carbocycles. The normalized spacial score (nSPS) is 34.8. The zero-order valence-corrected chi connectivity index (χ0v) is 8.80. The lowest BCUT2D eigenvalue weighted by Gasteiger charge is -2.23. The molecule has 2 atom stereocenters. The van der Waals surface area contributed by atoms with Gasteiger partial charge in [0.1, 0.15) is 0 Å². The van der Waals surface area contributed by atoms with E-state index < -0.39 is 0 Å². The Morgan fingerprint density at radius 2 is 2.15 bits per heavy atom. The summed E-state index contributed by atoms with van der Waals surface area (Å²) in [5.74, 6) is 2.51. The van der Waals surface area contributed by atoms with Gasteiger partial charge in [-0.2, -0.15) is 0 Å². The topological polar surface area (TPSA) is 12.5 Å². The largest absolute Gasteiger partial charge is 0.381 e. The fourth-order valence-corrected chi connectivity index (χ4v) is 2.61. The standard InChI is InChI=1S/C10H18ClNO/c11-3-1-4-12-6-9-2-5-13-8-10(9)7-12/h9-10H,1-8H2. The molecule has 3 heteroatoms. The summed E-state index contributed by atoms with van der Waals surface area (Å²) in [5.41, 5.74) is 0. The number of fused-ring (bicyclic) bond motifs is 1. The van der Waals surface area contributed by atoms with E-state index in [0.717, 1.165) is 37.4 Å². The molecule has 0 amide bonds. The smallest absolute Gasteiger partial charge is 0.0509 e. The Hall–Kier alpha value is 0.210. The molecule has 0 radical (unpaired) electrons. The Bertz CT molecular complexity index is 151. The summed E-state index contributed by atoms with van der Waals surface area (Å²) in [6.07, 6.45) is 2.39. The third-order valence-corrected chi connectivity index (χ3v) is 3.49. The summed E-state index contributed by atoms with van der Waals surface area (Å²) >= 11 is 5.68. The van der Waals surface area contributed by atoms with Gasteiger partial charge in [-0.05, 0) is 31.2 Å². The van der Waals surface area contributed by atoms with Crippen LogP contribution in [0.2, 0.25) is 0 Å². The van der Waals surface area contributed by atoms with Gasteiger partial charge in [-0.25, -0.2) is 0 Å². The van der Waals surface area contributed by atoms with Crippen molar-refractivity contribution in [3.63, 3.8) is 0 Å². The molecule has 2 nitrogen and oxygen atoms in total. The molecular formula is C10H18ClNO. The molecule has 0 spiro atoms. The molecule has 2 unspecified atom stereocenters. The van der Waals surface area contributed by atoms with Gasteiger partial charge < -0.3 is 9.64 Å². The fraction of sp³-hybridized carbons (Fsp3) is 1.00. The van der Waals surface area contributed by atoms with E-state index in [9.17, 15) is 0 Å². The first-order chi connectivity index (χ1) is 6.40. The summed E-state index contributed by atoms with van der Waals surface area (Å²) < 4.78 is 5.48. The minimum atomic E-state index is 0.794. The zero-order chi connectivity index (χ0) is 9.10. The number of nitrogens with zero attached hydrogens (tertiary/aromatic N) is 1. The monoisotopic (exact) mass is 203 g/mol. The SMILES string of the molecule is ClCCCN1CC2CCOCC2C1. The van der Waals surface area contributed by atoms with Crippen molar-refractivity contribution in [3.05, 3.63) is 0 Å². The predicted molar refractivity (Wildman–Crippen MR) is 54.2 cm³/mol. The maximum absolute atomic E-state index is 5.68. The van der Waals surface area contributed by atoms with E-state index in [1.165, 1.54) is 26.1 Å². The first kappa shape index (κ1) is 9.75. The number of hydrogen-bond donors (Lipinski definition) is 0. The molecular weight excluding hydrogens is 186 g/mol. The molecule has 0 aromatic carbocycles. The number of alkyl halides is 1. The van der Waals surface area contributed by atoms with Crippen LogP contribution in [-0.4, -0.2) is 43.6 Å². The quantitative estimate of drug-likeness (QED) is 0.646. The molecule has 2 rings (SSSR count). The summed E-state index contributed by atoms with van der Waals surface area (Å²) in [7, 11) is 0. The first-order valence-corrected chi connectivity index (χ1v) is 5.79. The van der Waals surface area contributed by atoms with Crippen molar-refractivity contribution in [1.29, 1.82) is 0 Å².